The zero-order chi connectivity index (χ0) is 13.2. The number of piperidine rings is 1. The Hall–Kier alpha value is -1.23. The van der Waals surface area contributed by atoms with Gasteiger partial charge in [-0.3, -0.25) is 0 Å². The van der Waals surface area contributed by atoms with Crippen molar-refractivity contribution in [2.24, 2.45) is 0 Å². The van der Waals surface area contributed by atoms with E-state index in [4.69, 9.17) is 4.74 Å². The van der Waals surface area contributed by atoms with Gasteiger partial charge in [-0.15, -0.1) is 0 Å². The van der Waals surface area contributed by atoms with Crippen molar-refractivity contribution in [2.45, 2.75) is 38.1 Å². The Morgan fingerprint density at radius 2 is 1.89 bits per heavy atom. The molecule has 0 saturated carbocycles. The molecule has 1 fully saturated rings. The first kappa shape index (κ1) is 13.2. The highest BCUT2D eigenvalue weighted by atomic mass is 19.4. The summed E-state index contributed by atoms with van der Waals surface area (Å²) in [6, 6.07) is 5.27. The second-order valence-electron chi connectivity index (χ2n) is 4.64. The zero-order valence-corrected chi connectivity index (χ0v) is 10.1. The predicted octanol–water partition coefficient (Wildman–Crippen LogP) is 3.22. The summed E-state index contributed by atoms with van der Waals surface area (Å²) in [6.45, 7) is 2.95. The lowest BCUT2D eigenvalue weighted by molar-refractivity contribution is -0.137. The summed E-state index contributed by atoms with van der Waals surface area (Å²) >= 11 is 0. The Bertz CT molecular complexity index is 388. The molecule has 0 spiro atoms. The quantitative estimate of drug-likeness (QED) is 0.880. The molecule has 0 radical (unpaired) electrons. The van der Waals surface area contributed by atoms with Crippen molar-refractivity contribution < 1.29 is 17.9 Å². The summed E-state index contributed by atoms with van der Waals surface area (Å²) in [4.78, 5) is 0. The molecular weight excluding hydrogens is 243 g/mol. The summed E-state index contributed by atoms with van der Waals surface area (Å²) in [7, 11) is 0. The monoisotopic (exact) mass is 259 g/mol. The number of nitrogens with one attached hydrogen (secondary N) is 1. The van der Waals surface area contributed by atoms with Crippen molar-refractivity contribution >= 4 is 0 Å². The van der Waals surface area contributed by atoms with Crippen molar-refractivity contribution in [2.75, 3.05) is 6.54 Å². The van der Waals surface area contributed by atoms with Gasteiger partial charge in [-0.05, 0) is 50.6 Å². The third-order valence-corrected chi connectivity index (χ3v) is 3.06. The van der Waals surface area contributed by atoms with E-state index in [1.807, 2.05) is 0 Å². The maximum absolute atomic E-state index is 12.4. The Labute approximate surface area is 104 Å². The first-order valence-electron chi connectivity index (χ1n) is 6.02. The molecule has 100 valence electrons. The topological polar surface area (TPSA) is 21.3 Å². The van der Waals surface area contributed by atoms with Gasteiger partial charge >= 0.3 is 6.18 Å². The van der Waals surface area contributed by atoms with Gasteiger partial charge < -0.3 is 10.1 Å². The maximum atomic E-state index is 12.4. The molecule has 0 amide bonds. The van der Waals surface area contributed by atoms with E-state index in [2.05, 4.69) is 12.2 Å². The SMILES string of the molecule is CC1CC(Oc2ccc(C(F)(F)F)cc2)CCN1. The van der Waals surface area contributed by atoms with E-state index in [-0.39, 0.29) is 6.10 Å². The van der Waals surface area contributed by atoms with Crippen LogP contribution in [0.25, 0.3) is 0 Å². The Kier molecular flexibility index (Phi) is 3.80. The van der Waals surface area contributed by atoms with Crippen LogP contribution in [-0.2, 0) is 6.18 Å². The average molecular weight is 259 g/mol. The number of hydrogen-bond acceptors (Lipinski definition) is 2. The lowest BCUT2D eigenvalue weighted by Crippen LogP contribution is -2.40. The molecule has 1 aliphatic rings. The highest BCUT2D eigenvalue weighted by molar-refractivity contribution is 5.29. The molecule has 1 aromatic carbocycles. The van der Waals surface area contributed by atoms with Crippen LogP contribution in [0.5, 0.6) is 5.75 Å². The summed E-state index contributed by atoms with van der Waals surface area (Å²) in [5, 5.41) is 3.30. The normalized spacial score (nSPS) is 24.9. The van der Waals surface area contributed by atoms with Gasteiger partial charge in [0.25, 0.3) is 0 Å². The van der Waals surface area contributed by atoms with Gasteiger partial charge in [0.2, 0.25) is 0 Å². The minimum absolute atomic E-state index is 0.0815. The molecule has 2 unspecified atom stereocenters. The van der Waals surface area contributed by atoms with Crippen LogP contribution in [0.1, 0.15) is 25.3 Å². The summed E-state index contributed by atoms with van der Waals surface area (Å²) in [5.74, 6) is 0.502. The largest absolute Gasteiger partial charge is 0.490 e. The van der Waals surface area contributed by atoms with Crippen LogP contribution in [0.4, 0.5) is 13.2 Å². The van der Waals surface area contributed by atoms with Gasteiger partial charge in [0.1, 0.15) is 11.9 Å². The Morgan fingerprint density at radius 1 is 1.22 bits per heavy atom. The third-order valence-electron chi connectivity index (χ3n) is 3.06. The highest BCUT2D eigenvalue weighted by Crippen LogP contribution is 2.30. The molecular formula is C13H16F3NO. The van der Waals surface area contributed by atoms with Crippen molar-refractivity contribution in [3.05, 3.63) is 29.8 Å². The molecule has 0 aromatic heterocycles. The van der Waals surface area contributed by atoms with Gasteiger partial charge in [0.05, 0.1) is 5.56 Å². The summed E-state index contributed by atoms with van der Waals surface area (Å²) in [5.41, 5.74) is -0.645. The fourth-order valence-electron chi connectivity index (χ4n) is 2.11. The number of ether oxygens (including phenoxy) is 1. The molecule has 0 aliphatic carbocycles. The molecule has 1 saturated heterocycles. The molecule has 1 heterocycles. The first-order valence-corrected chi connectivity index (χ1v) is 6.02. The van der Waals surface area contributed by atoms with Crippen LogP contribution >= 0.6 is 0 Å². The van der Waals surface area contributed by atoms with Crippen LogP contribution in [0.3, 0.4) is 0 Å². The van der Waals surface area contributed by atoms with Gasteiger partial charge in [0, 0.05) is 6.04 Å². The molecule has 1 aliphatic heterocycles. The molecule has 0 bridgehead atoms. The van der Waals surface area contributed by atoms with E-state index >= 15 is 0 Å². The van der Waals surface area contributed by atoms with Gasteiger partial charge in [-0.1, -0.05) is 0 Å². The van der Waals surface area contributed by atoms with Crippen molar-refractivity contribution in [3.8, 4) is 5.75 Å². The smallest absolute Gasteiger partial charge is 0.416 e. The van der Waals surface area contributed by atoms with E-state index in [1.165, 1.54) is 12.1 Å². The number of hydrogen-bond donors (Lipinski definition) is 1. The van der Waals surface area contributed by atoms with Crippen molar-refractivity contribution in [1.29, 1.82) is 0 Å². The highest BCUT2D eigenvalue weighted by Gasteiger charge is 2.30. The Balaban J connectivity index is 1.98. The second kappa shape index (κ2) is 5.18. The van der Waals surface area contributed by atoms with Gasteiger partial charge in [-0.2, -0.15) is 13.2 Å². The van der Waals surface area contributed by atoms with Gasteiger partial charge in [0.15, 0.2) is 0 Å². The lowest BCUT2D eigenvalue weighted by Gasteiger charge is -2.28. The van der Waals surface area contributed by atoms with Crippen molar-refractivity contribution in [1.82, 2.24) is 5.32 Å². The second-order valence-corrected chi connectivity index (χ2v) is 4.64. The molecule has 1 N–H and O–H groups in total. The summed E-state index contributed by atoms with van der Waals surface area (Å²) in [6.07, 6.45) is -2.45. The standard InChI is InChI=1S/C13H16F3NO/c1-9-8-12(6-7-17-9)18-11-4-2-10(3-5-11)13(14,15)16/h2-5,9,12,17H,6-8H2,1H3. The maximum Gasteiger partial charge on any atom is 0.416 e. The fourth-order valence-corrected chi connectivity index (χ4v) is 2.11. The van der Waals surface area contributed by atoms with Crippen LogP contribution in [0.15, 0.2) is 24.3 Å². The number of halogens is 3. The average Bonchev–Trinajstić information content (AvgIpc) is 2.28. The molecule has 1 aromatic rings. The number of alkyl halides is 3. The number of benzene rings is 1. The number of rotatable bonds is 2. The van der Waals surface area contributed by atoms with Crippen LogP contribution in [-0.4, -0.2) is 18.7 Å². The molecule has 18 heavy (non-hydrogen) atoms. The molecule has 2 atom stereocenters. The minimum Gasteiger partial charge on any atom is -0.490 e. The van der Waals surface area contributed by atoms with Crippen LogP contribution < -0.4 is 10.1 Å². The van der Waals surface area contributed by atoms with E-state index in [1.54, 1.807) is 0 Å². The van der Waals surface area contributed by atoms with E-state index in [0.717, 1.165) is 31.5 Å². The fraction of sp³-hybridized carbons (Fsp3) is 0.538. The Morgan fingerprint density at radius 3 is 2.44 bits per heavy atom. The van der Waals surface area contributed by atoms with Gasteiger partial charge in [-0.25, -0.2) is 0 Å². The molecule has 5 heteroatoms. The zero-order valence-electron chi connectivity index (χ0n) is 10.1. The van der Waals surface area contributed by atoms with Crippen molar-refractivity contribution in [3.63, 3.8) is 0 Å². The molecule has 2 nitrogen and oxygen atoms in total. The molecule has 2 rings (SSSR count). The van der Waals surface area contributed by atoms with E-state index in [0.29, 0.717) is 11.8 Å². The summed E-state index contributed by atoms with van der Waals surface area (Å²) < 4.78 is 42.8. The van der Waals surface area contributed by atoms with Crippen LogP contribution in [0.2, 0.25) is 0 Å². The third kappa shape index (κ3) is 3.38. The minimum atomic E-state index is -4.29. The predicted molar refractivity (Wildman–Crippen MR) is 62.6 cm³/mol. The first-order chi connectivity index (χ1) is 8.45. The lowest BCUT2D eigenvalue weighted by atomic mass is 10.0. The van der Waals surface area contributed by atoms with E-state index < -0.39 is 11.7 Å². The van der Waals surface area contributed by atoms with Crippen LogP contribution in [0, 0.1) is 0 Å². The van der Waals surface area contributed by atoms with E-state index in [9.17, 15) is 13.2 Å².